The summed E-state index contributed by atoms with van der Waals surface area (Å²) in [6, 6.07) is 0. The quantitative estimate of drug-likeness (QED) is 0.175. The molecule has 0 N–H and O–H groups in total. The number of ether oxygens (including phenoxy) is 2. The summed E-state index contributed by atoms with van der Waals surface area (Å²) in [4.78, 5) is 0. The fraction of sp³-hybridized carbons (Fsp3) is 0.905. The fourth-order valence-electron chi connectivity index (χ4n) is 3.11. The van der Waals surface area contributed by atoms with E-state index in [0.717, 1.165) is 0 Å². The first-order chi connectivity index (χ1) is 11.6. The zero-order valence-electron chi connectivity index (χ0n) is 17.2. The number of hydrogen-bond acceptors (Lipinski definition) is 2. The molecule has 1 atom stereocenters. The van der Waals surface area contributed by atoms with Crippen LogP contribution in [-0.2, 0) is 9.47 Å². The Bertz CT molecular complexity index is 318. The molecule has 0 aliphatic carbocycles. The van der Waals surface area contributed by atoms with Gasteiger partial charge in [-0.1, -0.05) is 0 Å². The van der Waals surface area contributed by atoms with E-state index in [1.165, 1.54) is 51.8 Å². The van der Waals surface area contributed by atoms with E-state index in [4.69, 9.17) is 9.47 Å². The summed E-state index contributed by atoms with van der Waals surface area (Å²) in [6.07, 6.45) is 7.84. The molecule has 0 fully saturated rings. The zero-order chi connectivity index (χ0) is 18.3. The minimum absolute atomic E-state index is 0.167. The third-order valence-corrected chi connectivity index (χ3v) is 17.8. The topological polar surface area (TPSA) is 18.5 Å². The predicted molar refractivity (Wildman–Crippen MR) is 109 cm³/mol. The van der Waals surface area contributed by atoms with Crippen molar-refractivity contribution in [3.05, 3.63) is 0 Å². The van der Waals surface area contributed by atoms with E-state index < -0.39 is 18.4 Å². The van der Waals surface area contributed by atoms with Gasteiger partial charge in [0, 0.05) is 0 Å². The molecule has 0 aliphatic heterocycles. The van der Waals surface area contributed by atoms with Crippen LogP contribution in [-0.4, -0.2) is 37.9 Å². The van der Waals surface area contributed by atoms with Gasteiger partial charge in [-0.2, -0.15) is 0 Å². The van der Waals surface area contributed by atoms with Gasteiger partial charge in [0.1, 0.15) is 0 Å². The van der Waals surface area contributed by atoms with Gasteiger partial charge in [0.15, 0.2) is 0 Å². The number of rotatable bonds is 14. The zero-order valence-corrected chi connectivity index (χ0v) is 20.1. The van der Waals surface area contributed by atoms with Crippen LogP contribution < -0.4 is 0 Å². The molecule has 0 rings (SSSR count). The second-order valence-corrected chi connectivity index (χ2v) is 19.2. The van der Waals surface area contributed by atoms with Crippen molar-refractivity contribution >= 4 is 18.4 Å². The molecule has 0 saturated carbocycles. The molecule has 0 aromatic rings. The minimum atomic E-state index is -2.34. The Hall–Kier alpha value is 0.279. The van der Waals surface area contributed by atoms with Crippen LogP contribution in [0.2, 0.25) is 13.3 Å². The van der Waals surface area contributed by atoms with Crippen molar-refractivity contribution in [1.29, 1.82) is 0 Å². The molecule has 0 amide bonds. The third-order valence-electron chi connectivity index (χ3n) is 4.66. The molecule has 0 spiro atoms. The predicted octanol–water partition coefficient (Wildman–Crippen LogP) is 6.41. The Morgan fingerprint density at radius 2 is 1.17 bits per heavy atom. The molecular formula is C21H42O2Sn. The van der Waals surface area contributed by atoms with E-state index in [1.807, 2.05) is 13.8 Å². The molecule has 0 saturated heterocycles. The number of hydrogen-bond donors (Lipinski definition) is 0. The maximum atomic E-state index is 5.75. The molecule has 0 aliphatic rings. The van der Waals surface area contributed by atoms with Crippen molar-refractivity contribution in [2.24, 2.45) is 5.92 Å². The van der Waals surface area contributed by atoms with Gasteiger partial charge in [-0.15, -0.1) is 0 Å². The van der Waals surface area contributed by atoms with Crippen molar-refractivity contribution in [2.75, 3.05) is 13.2 Å². The summed E-state index contributed by atoms with van der Waals surface area (Å²) in [6.45, 7) is 14.5. The number of unbranched alkanes of at least 4 members (excludes halogenated alkanes) is 3. The molecule has 0 aromatic carbocycles. The monoisotopic (exact) mass is 446 g/mol. The van der Waals surface area contributed by atoms with Gasteiger partial charge in [-0.05, 0) is 0 Å². The van der Waals surface area contributed by atoms with Gasteiger partial charge in [0.05, 0.1) is 0 Å². The molecule has 142 valence electrons. The average molecular weight is 445 g/mol. The Labute approximate surface area is 156 Å². The first-order valence-corrected chi connectivity index (χ1v) is 17.8. The molecule has 1 unspecified atom stereocenters. The second kappa shape index (κ2) is 15.5. The van der Waals surface area contributed by atoms with Crippen molar-refractivity contribution in [2.45, 2.75) is 99.7 Å². The van der Waals surface area contributed by atoms with Crippen LogP contribution in [0.1, 0.15) is 80.1 Å². The van der Waals surface area contributed by atoms with Crippen molar-refractivity contribution in [1.82, 2.24) is 0 Å². The summed E-state index contributed by atoms with van der Waals surface area (Å²) < 4.78 is 19.8. The first kappa shape index (κ1) is 24.3. The fourth-order valence-corrected chi connectivity index (χ4v) is 16.7. The Balaban J connectivity index is 5.22. The van der Waals surface area contributed by atoms with Crippen LogP contribution in [0, 0.1) is 15.8 Å². The van der Waals surface area contributed by atoms with Gasteiger partial charge < -0.3 is 0 Å². The SMILES string of the molecule is CCC[CH2][Sn]([C]#CC(C)C(OCC)OCC)([CH2]CCC)[CH2]CCC. The van der Waals surface area contributed by atoms with Gasteiger partial charge >= 0.3 is 157 Å². The van der Waals surface area contributed by atoms with Gasteiger partial charge in [-0.3, -0.25) is 0 Å². The van der Waals surface area contributed by atoms with E-state index in [-0.39, 0.29) is 12.2 Å². The van der Waals surface area contributed by atoms with E-state index in [9.17, 15) is 0 Å². The second-order valence-electron chi connectivity index (χ2n) is 6.93. The van der Waals surface area contributed by atoms with Gasteiger partial charge in [-0.25, -0.2) is 0 Å². The first-order valence-electron chi connectivity index (χ1n) is 10.3. The van der Waals surface area contributed by atoms with Crippen LogP contribution in [0.4, 0.5) is 0 Å². The Morgan fingerprint density at radius 3 is 1.50 bits per heavy atom. The van der Waals surface area contributed by atoms with Gasteiger partial charge in [0.2, 0.25) is 0 Å². The molecule has 0 bridgehead atoms. The van der Waals surface area contributed by atoms with E-state index in [0.29, 0.717) is 13.2 Å². The summed E-state index contributed by atoms with van der Waals surface area (Å²) in [5.41, 5.74) is 0. The van der Waals surface area contributed by atoms with Crippen LogP contribution in [0.15, 0.2) is 0 Å². The molecule has 2 nitrogen and oxygen atoms in total. The summed E-state index contributed by atoms with van der Waals surface area (Å²) in [5.74, 6) is 3.79. The van der Waals surface area contributed by atoms with Crippen LogP contribution >= 0.6 is 0 Å². The van der Waals surface area contributed by atoms with Crippen LogP contribution in [0.25, 0.3) is 0 Å². The van der Waals surface area contributed by atoms with Crippen LogP contribution in [0.3, 0.4) is 0 Å². The average Bonchev–Trinajstić information content (AvgIpc) is 2.60. The molecule has 3 heteroatoms. The van der Waals surface area contributed by atoms with E-state index in [1.54, 1.807) is 0 Å². The van der Waals surface area contributed by atoms with Crippen molar-refractivity contribution < 1.29 is 9.47 Å². The van der Waals surface area contributed by atoms with Crippen molar-refractivity contribution in [3.63, 3.8) is 0 Å². The molecule has 24 heavy (non-hydrogen) atoms. The molecule has 0 radical (unpaired) electrons. The molecule has 0 aromatic heterocycles. The Morgan fingerprint density at radius 1 is 0.750 bits per heavy atom. The standard InChI is InChI=1S/C9H15O2.3C4H9.Sn/c1-5-8(4)9(10-6-2)11-7-3;3*1-3-4-2;/h8-9H,6-7H2,2-4H3;3*1,3-4H2,2H3;. The Kier molecular flexibility index (Phi) is 15.7. The summed E-state index contributed by atoms with van der Waals surface area (Å²) in [5, 5.41) is 0. The molecule has 0 heterocycles. The maximum absolute atomic E-state index is 5.75. The van der Waals surface area contributed by atoms with E-state index in [2.05, 4.69) is 37.6 Å². The summed E-state index contributed by atoms with van der Waals surface area (Å²) in [7, 11) is 0. The third kappa shape index (κ3) is 10.3. The van der Waals surface area contributed by atoms with E-state index >= 15 is 0 Å². The van der Waals surface area contributed by atoms with Gasteiger partial charge in [0.25, 0.3) is 0 Å². The van der Waals surface area contributed by atoms with Crippen LogP contribution in [0.5, 0.6) is 0 Å². The summed E-state index contributed by atoms with van der Waals surface area (Å²) >= 11 is -2.34. The van der Waals surface area contributed by atoms with Crippen molar-refractivity contribution in [3.8, 4) is 9.86 Å². The normalized spacial score (nSPS) is 13.0. The molecular weight excluding hydrogens is 403 g/mol.